The van der Waals surface area contributed by atoms with Crippen LogP contribution in [0.15, 0.2) is 34.3 Å². The summed E-state index contributed by atoms with van der Waals surface area (Å²) in [6.07, 6.45) is 1.89. The van der Waals surface area contributed by atoms with Crippen molar-refractivity contribution in [3.63, 3.8) is 0 Å². The summed E-state index contributed by atoms with van der Waals surface area (Å²) in [5.41, 5.74) is 1.09. The summed E-state index contributed by atoms with van der Waals surface area (Å²) < 4.78 is 6.96. The normalized spacial score (nSPS) is 12.5. The summed E-state index contributed by atoms with van der Waals surface area (Å²) in [5.74, 6) is 0.0909. The molecule has 4 aromatic heterocycles. The van der Waals surface area contributed by atoms with E-state index < -0.39 is 5.97 Å². The highest BCUT2D eigenvalue weighted by atomic mass is 32.2. The second kappa shape index (κ2) is 7.36. The molecule has 0 aliphatic heterocycles. The number of carbonyl (C=O) groups excluding carboxylic acids is 1. The summed E-state index contributed by atoms with van der Waals surface area (Å²) in [5, 5.41) is 9.31. The van der Waals surface area contributed by atoms with Crippen molar-refractivity contribution in [2.24, 2.45) is 0 Å². The van der Waals surface area contributed by atoms with E-state index in [0.29, 0.717) is 31.6 Å². The van der Waals surface area contributed by atoms with Crippen LogP contribution >= 0.6 is 23.1 Å². The van der Waals surface area contributed by atoms with Crippen molar-refractivity contribution in [1.29, 1.82) is 0 Å². The number of thioether (sulfide) groups is 1. The van der Waals surface area contributed by atoms with Crippen LogP contribution in [0.2, 0.25) is 0 Å². The molecule has 0 aliphatic carbocycles. The fourth-order valence-corrected chi connectivity index (χ4v) is 4.84. The monoisotopic (exact) mass is 415 g/mol. The smallest absolute Gasteiger partial charge is 0.348 e. The molecule has 0 spiro atoms. The molecule has 1 unspecified atom stereocenters. The van der Waals surface area contributed by atoms with Gasteiger partial charge in [-0.3, -0.25) is 9.20 Å². The van der Waals surface area contributed by atoms with Gasteiger partial charge in [-0.2, -0.15) is 0 Å². The lowest BCUT2D eigenvalue weighted by atomic mass is 10.2. The Morgan fingerprint density at radius 3 is 3.00 bits per heavy atom. The van der Waals surface area contributed by atoms with Gasteiger partial charge in [-0.1, -0.05) is 17.8 Å². The molecule has 0 fully saturated rings. The van der Waals surface area contributed by atoms with E-state index >= 15 is 0 Å². The average molecular weight is 416 g/mol. The van der Waals surface area contributed by atoms with Crippen molar-refractivity contribution in [2.45, 2.75) is 31.2 Å². The van der Waals surface area contributed by atoms with Crippen LogP contribution in [0.3, 0.4) is 0 Å². The Hall–Kier alpha value is -2.72. The number of H-pyrrole nitrogens is 1. The first-order valence-corrected chi connectivity index (χ1v) is 10.4. The third-order valence-electron chi connectivity index (χ3n) is 4.23. The summed E-state index contributed by atoms with van der Waals surface area (Å²) in [7, 11) is 0. The number of aromatic amines is 1. The number of hydrogen-bond acceptors (Lipinski definition) is 8. The molecule has 0 radical (unpaired) electrons. The van der Waals surface area contributed by atoms with E-state index in [-0.39, 0.29) is 17.4 Å². The average Bonchev–Trinajstić information content (AvgIpc) is 3.23. The molecule has 10 heteroatoms. The van der Waals surface area contributed by atoms with Gasteiger partial charge >= 0.3 is 5.97 Å². The number of nitrogens with one attached hydrogen (secondary N) is 1. The van der Waals surface area contributed by atoms with Crippen molar-refractivity contribution >= 4 is 44.9 Å². The van der Waals surface area contributed by atoms with Crippen molar-refractivity contribution in [1.82, 2.24) is 24.6 Å². The maximum Gasteiger partial charge on any atom is 0.348 e. The zero-order chi connectivity index (χ0) is 19.8. The van der Waals surface area contributed by atoms with Gasteiger partial charge in [0.15, 0.2) is 10.8 Å². The standard InChI is InChI=1S/C18H17N5O3S2/c1-4-26-17(25)13-9(2)12-15(24)19-14(20-16(12)28-13)10(3)27-18-22-21-11-7-5-6-8-23(11)18/h5-8,10H,4H2,1-3H3,(H,19,20,24). The van der Waals surface area contributed by atoms with Crippen LogP contribution < -0.4 is 5.56 Å². The van der Waals surface area contributed by atoms with Crippen molar-refractivity contribution in [3.05, 3.63) is 51.0 Å². The number of pyridine rings is 1. The summed E-state index contributed by atoms with van der Waals surface area (Å²) in [6.45, 7) is 5.70. The minimum absolute atomic E-state index is 0.168. The molecule has 4 heterocycles. The minimum atomic E-state index is -0.429. The molecule has 144 valence electrons. The number of aromatic nitrogens is 5. The van der Waals surface area contributed by atoms with E-state index in [1.807, 2.05) is 35.7 Å². The topological polar surface area (TPSA) is 102 Å². The lowest BCUT2D eigenvalue weighted by Crippen LogP contribution is -2.13. The van der Waals surface area contributed by atoms with Crippen LogP contribution in [0.25, 0.3) is 15.9 Å². The van der Waals surface area contributed by atoms with Gasteiger partial charge in [0.05, 0.1) is 17.2 Å². The predicted octanol–water partition coefficient (Wildman–Crippen LogP) is 3.37. The van der Waals surface area contributed by atoms with Crippen molar-refractivity contribution in [2.75, 3.05) is 6.61 Å². The molecule has 0 aliphatic rings. The van der Waals surface area contributed by atoms with Gasteiger partial charge in [0, 0.05) is 6.20 Å². The summed E-state index contributed by atoms with van der Waals surface area (Å²) >= 11 is 2.63. The summed E-state index contributed by atoms with van der Waals surface area (Å²) in [4.78, 5) is 33.2. The first-order chi connectivity index (χ1) is 13.5. The maximum absolute atomic E-state index is 12.6. The Labute approximate surface area is 168 Å². The number of rotatable bonds is 5. The number of fused-ring (bicyclic) bond motifs is 2. The highest BCUT2D eigenvalue weighted by Crippen LogP contribution is 2.34. The lowest BCUT2D eigenvalue weighted by molar-refractivity contribution is 0.0531. The van der Waals surface area contributed by atoms with Crippen LogP contribution in [0.4, 0.5) is 0 Å². The molecule has 0 bridgehead atoms. The molecule has 0 amide bonds. The van der Waals surface area contributed by atoms with Crippen molar-refractivity contribution < 1.29 is 9.53 Å². The number of thiophene rings is 1. The Balaban J connectivity index is 1.70. The minimum Gasteiger partial charge on any atom is -0.462 e. The number of esters is 1. The second-order valence-electron chi connectivity index (χ2n) is 6.08. The van der Waals surface area contributed by atoms with Gasteiger partial charge in [-0.05, 0) is 38.5 Å². The molecule has 4 aromatic rings. The van der Waals surface area contributed by atoms with Gasteiger partial charge in [0.1, 0.15) is 15.5 Å². The quantitative estimate of drug-likeness (QED) is 0.394. The van der Waals surface area contributed by atoms with Gasteiger partial charge < -0.3 is 9.72 Å². The van der Waals surface area contributed by atoms with E-state index in [4.69, 9.17) is 4.74 Å². The molecule has 1 atom stereocenters. The van der Waals surface area contributed by atoms with E-state index in [1.54, 1.807) is 13.8 Å². The number of hydrogen-bond donors (Lipinski definition) is 1. The van der Waals surface area contributed by atoms with E-state index in [2.05, 4.69) is 20.2 Å². The molecule has 0 saturated heterocycles. The van der Waals surface area contributed by atoms with Gasteiger partial charge in [0.2, 0.25) is 0 Å². The fourth-order valence-electron chi connectivity index (χ4n) is 2.86. The Morgan fingerprint density at radius 2 is 2.21 bits per heavy atom. The largest absolute Gasteiger partial charge is 0.462 e. The first kappa shape index (κ1) is 18.6. The van der Waals surface area contributed by atoms with E-state index in [0.717, 1.165) is 5.65 Å². The Morgan fingerprint density at radius 1 is 1.39 bits per heavy atom. The summed E-state index contributed by atoms with van der Waals surface area (Å²) in [6, 6.07) is 5.68. The molecular formula is C18H17N5O3S2. The third-order valence-corrected chi connectivity index (χ3v) is 6.46. The zero-order valence-corrected chi connectivity index (χ0v) is 17.1. The molecule has 0 aromatic carbocycles. The van der Waals surface area contributed by atoms with Crippen LogP contribution in [0.1, 0.15) is 40.2 Å². The highest BCUT2D eigenvalue weighted by Gasteiger charge is 2.22. The maximum atomic E-state index is 12.6. The number of carbonyl (C=O) groups is 1. The van der Waals surface area contributed by atoms with Crippen LogP contribution in [-0.2, 0) is 4.74 Å². The van der Waals surface area contributed by atoms with Crippen LogP contribution in [-0.4, -0.2) is 37.1 Å². The van der Waals surface area contributed by atoms with Gasteiger partial charge in [0.25, 0.3) is 5.56 Å². The molecule has 0 saturated carbocycles. The molecular weight excluding hydrogens is 398 g/mol. The number of nitrogens with zero attached hydrogens (tertiary/aromatic N) is 4. The Bertz CT molecular complexity index is 1240. The third kappa shape index (κ3) is 3.18. The SMILES string of the molecule is CCOC(=O)c1sc2nc(C(C)Sc3nnc4ccccn34)[nH]c(=O)c2c1C. The van der Waals surface area contributed by atoms with Crippen molar-refractivity contribution in [3.8, 4) is 0 Å². The predicted molar refractivity (Wildman–Crippen MR) is 108 cm³/mol. The van der Waals surface area contributed by atoms with E-state index in [9.17, 15) is 9.59 Å². The lowest BCUT2D eigenvalue weighted by Gasteiger charge is -2.09. The van der Waals surface area contributed by atoms with Gasteiger partial charge in [-0.25, -0.2) is 9.78 Å². The number of ether oxygens (including phenoxy) is 1. The zero-order valence-electron chi connectivity index (χ0n) is 15.4. The molecule has 8 nitrogen and oxygen atoms in total. The number of aryl methyl sites for hydroxylation is 1. The fraction of sp³-hybridized carbons (Fsp3) is 0.278. The second-order valence-corrected chi connectivity index (χ2v) is 8.39. The Kier molecular flexibility index (Phi) is 4.90. The van der Waals surface area contributed by atoms with Gasteiger partial charge in [-0.15, -0.1) is 21.5 Å². The van der Waals surface area contributed by atoms with Crippen LogP contribution in [0, 0.1) is 6.92 Å². The first-order valence-electron chi connectivity index (χ1n) is 8.66. The van der Waals surface area contributed by atoms with E-state index in [1.165, 1.54) is 23.1 Å². The highest BCUT2D eigenvalue weighted by molar-refractivity contribution is 7.99. The molecule has 4 rings (SSSR count). The molecule has 1 N–H and O–H groups in total. The molecule has 28 heavy (non-hydrogen) atoms. The van der Waals surface area contributed by atoms with Crippen LogP contribution in [0.5, 0.6) is 0 Å².